The van der Waals surface area contributed by atoms with Gasteiger partial charge in [0.15, 0.2) is 0 Å². The third kappa shape index (κ3) is 2.31. The molecule has 1 atom stereocenters. The number of aryl methyl sites for hydroxylation is 2. The number of amides is 1. The molecule has 1 aliphatic heterocycles. The molecule has 18 heavy (non-hydrogen) atoms. The quantitative estimate of drug-likeness (QED) is 0.849. The number of aliphatic carboxylic acids is 1. The van der Waals surface area contributed by atoms with Gasteiger partial charge in [0.1, 0.15) is 6.04 Å². The molecule has 0 saturated carbocycles. The molecule has 0 aromatic carbocycles. The van der Waals surface area contributed by atoms with Crippen molar-refractivity contribution >= 4 is 23.6 Å². The standard InChI is InChI=1S/C11H13N3O3S/c1-6-3-8(7(2)13-12-6)10(15)14-5-18-4-9(14)11(16)17/h3,9H,4-5H2,1-2H3,(H,16,17)/t9-/m0/s1. The maximum Gasteiger partial charge on any atom is 0.327 e. The van der Waals surface area contributed by atoms with Crippen molar-refractivity contribution in [2.24, 2.45) is 0 Å². The van der Waals surface area contributed by atoms with Crippen molar-refractivity contribution in [1.29, 1.82) is 0 Å². The van der Waals surface area contributed by atoms with Crippen LogP contribution in [0.5, 0.6) is 0 Å². The van der Waals surface area contributed by atoms with Crippen LogP contribution in [0.2, 0.25) is 0 Å². The zero-order chi connectivity index (χ0) is 13.3. The lowest BCUT2D eigenvalue weighted by atomic mass is 10.1. The molecule has 2 heterocycles. The number of carboxylic acid groups (broad SMARTS) is 1. The molecule has 6 nitrogen and oxygen atoms in total. The van der Waals surface area contributed by atoms with E-state index in [1.165, 1.54) is 16.7 Å². The van der Waals surface area contributed by atoms with Gasteiger partial charge < -0.3 is 10.0 Å². The smallest absolute Gasteiger partial charge is 0.327 e. The molecule has 1 N–H and O–H groups in total. The van der Waals surface area contributed by atoms with Crippen LogP contribution in [0.1, 0.15) is 21.7 Å². The van der Waals surface area contributed by atoms with Crippen molar-refractivity contribution in [3.8, 4) is 0 Å². The number of thioether (sulfide) groups is 1. The second-order valence-corrected chi connectivity index (χ2v) is 5.11. The van der Waals surface area contributed by atoms with Crippen molar-refractivity contribution in [3.05, 3.63) is 23.0 Å². The van der Waals surface area contributed by atoms with E-state index in [9.17, 15) is 9.59 Å². The number of hydrogen-bond acceptors (Lipinski definition) is 5. The molecule has 0 radical (unpaired) electrons. The fourth-order valence-electron chi connectivity index (χ4n) is 1.77. The van der Waals surface area contributed by atoms with Gasteiger partial charge in [-0.2, -0.15) is 10.2 Å². The van der Waals surface area contributed by atoms with Gasteiger partial charge in [0.05, 0.1) is 22.8 Å². The molecule has 0 aliphatic carbocycles. The van der Waals surface area contributed by atoms with Gasteiger partial charge in [-0.05, 0) is 19.9 Å². The average Bonchev–Trinajstić information content (AvgIpc) is 2.80. The van der Waals surface area contributed by atoms with E-state index in [4.69, 9.17) is 5.11 Å². The Morgan fingerprint density at radius 2 is 2.17 bits per heavy atom. The summed E-state index contributed by atoms with van der Waals surface area (Å²) in [4.78, 5) is 24.8. The van der Waals surface area contributed by atoms with Gasteiger partial charge in [-0.3, -0.25) is 4.79 Å². The summed E-state index contributed by atoms with van der Waals surface area (Å²) < 4.78 is 0. The molecule has 1 saturated heterocycles. The molecule has 0 unspecified atom stereocenters. The largest absolute Gasteiger partial charge is 0.480 e. The Morgan fingerprint density at radius 3 is 2.83 bits per heavy atom. The molecule has 1 aliphatic rings. The minimum Gasteiger partial charge on any atom is -0.480 e. The van der Waals surface area contributed by atoms with Crippen molar-refractivity contribution in [1.82, 2.24) is 15.1 Å². The number of carbonyl (C=O) groups is 2. The van der Waals surface area contributed by atoms with Crippen LogP contribution < -0.4 is 0 Å². The van der Waals surface area contributed by atoms with E-state index in [-0.39, 0.29) is 5.91 Å². The Hall–Kier alpha value is -1.63. The Morgan fingerprint density at radius 1 is 1.44 bits per heavy atom. The first-order chi connectivity index (χ1) is 8.50. The molecule has 1 aromatic rings. The first-order valence-electron chi connectivity index (χ1n) is 5.43. The van der Waals surface area contributed by atoms with E-state index in [2.05, 4.69) is 10.2 Å². The van der Waals surface area contributed by atoms with E-state index in [0.29, 0.717) is 28.6 Å². The molecule has 1 fully saturated rings. The molecule has 2 rings (SSSR count). The van der Waals surface area contributed by atoms with Crippen LogP contribution >= 0.6 is 11.8 Å². The highest BCUT2D eigenvalue weighted by molar-refractivity contribution is 7.99. The molecule has 1 aromatic heterocycles. The highest BCUT2D eigenvalue weighted by Crippen LogP contribution is 2.24. The lowest BCUT2D eigenvalue weighted by Gasteiger charge is -2.21. The third-order valence-corrected chi connectivity index (χ3v) is 3.77. The molecular formula is C11H13N3O3S. The maximum atomic E-state index is 12.3. The predicted molar refractivity (Wildman–Crippen MR) is 66.4 cm³/mol. The number of hydrogen-bond donors (Lipinski definition) is 1. The van der Waals surface area contributed by atoms with Gasteiger partial charge in [-0.1, -0.05) is 0 Å². The molecule has 96 valence electrons. The van der Waals surface area contributed by atoms with Crippen LogP contribution in [-0.4, -0.2) is 49.8 Å². The number of rotatable bonds is 2. The highest BCUT2D eigenvalue weighted by atomic mass is 32.2. The zero-order valence-corrected chi connectivity index (χ0v) is 10.9. The SMILES string of the molecule is Cc1cc(C(=O)N2CSC[C@H]2C(=O)O)c(C)nn1. The summed E-state index contributed by atoms with van der Waals surface area (Å²) in [6.07, 6.45) is 0. The first-order valence-corrected chi connectivity index (χ1v) is 6.58. The van der Waals surface area contributed by atoms with Gasteiger partial charge in [0.25, 0.3) is 5.91 Å². The second kappa shape index (κ2) is 4.93. The van der Waals surface area contributed by atoms with Crippen molar-refractivity contribution < 1.29 is 14.7 Å². The topological polar surface area (TPSA) is 83.4 Å². The maximum absolute atomic E-state index is 12.3. The number of carboxylic acids is 1. The minimum absolute atomic E-state index is 0.289. The minimum atomic E-state index is -0.968. The lowest BCUT2D eigenvalue weighted by Crippen LogP contribution is -2.42. The molecule has 7 heteroatoms. The summed E-state index contributed by atoms with van der Waals surface area (Å²) in [6, 6.07) is 0.891. The monoisotopic (exact) mass is 267 g/mol. The van der Waals surface area contributed by atoms with Crippen molar-refractivity contribution in [2.75, 3.05) is 11.6 Å². The summed E-state index contributed by atoms with van der Waals surface area (Å²) in [5.74, 6) is -0.429. The number of aromatic nitrogens is 2. The van der Waals surface area contributed by atoms with E-state index >= 15 is 0 Å². The Labute approximate surface area is 108 Å². The number of carbonyl (C=O) groups excluding carboxylic acids is 1. The van der Waals surface area contributed by atoms with E-state index in [1.807, 2.05) is 0 Å². The molecule has 0 bridgehead atoms. The van der Waals surface area contributed by atoms with Crippen LogP contribution in [0.4, 0.5) is 0 Å². The average molecular weight is 267 g/mol. The second-order valence-electron chi connectivity index (χ2n) is 4.11. The van der Waals surface area contributed by atoms with E-state index in [1.54, 1.807) is 19.9 Å². The molecular weight excluding hydrogens is 254 g/mol. The van der Waals surface area contributed by atoms with Crippen LogP contribution in [0.15, 0.2) is 6.07 Å². The van der Waals surface area contributed by atoms with Gasteiger partial charge >= 0.3 is 5.97 Å². The van der Waals surface area contributed by atoms with Crippen LogP contribution in [-0.2, 0) is 4.79 Å². The summed E-state index contributed by atoms with van der Waals surface area (Å²) in [5.41, 5.74) is 1.59. The highest BCUT2D eigenvalue weighted by Gasteiger charge is 2.35. The van der Waals surface area contributed by atoms with E-state index in [0.717, 1.165) is 0 Å². The van der Waals surface area contributed by atoms with Gasteiger partial charge in [0, 0.05) is 5.75 Å². The van der Waals surface area contributed by atoms with E-state index < -0.39 is 12.0 Å². The lowest BCUT2D eigenvalue weighted by molar-refractivity contribution is -0.140. The molecule has 1 amide bonds. The Kier molecular flexibility index (Phi) is 3.51. The number of nitrogens with zero attached hydrogens (tertiary/aromatic N) is 3. The molecule has 0 spiro atoms. The summed E-state index contributed by atoms with van der Waals surface area (Å²) in [5, 5.41) is 16.8. The first kappa shape index (κ1) is 12.8. The fraction of sp³-hybridized carbons (Fsp3) is 0.455. The van der Waals surface area contributed by atoms with Crippen LogP contribution in [0.25, 0.3) is 0 Å². The van der Waals surface area contributed by atoms with Crippen molar-refractivity contribution in [2.45, 2.75) is 19.9 Å². The van der Waals surface area contributed by atoms with Crippen LogP contribution in [0.3, 0.4) is 0 Å². The van der Waals surface area contributed by atoms with Gasteiger partial charge in [-0.15, -0.1) is 11.8 Å². The zero-order valence-electron chi connectivity index (χ0n) is 10.1. The Balaban J connectivity index is 2.31. The van der Waals surface area contributed by atoms with Crippen molar-refractivity contribution in [3.63, 3.8) is 0 Å². The summed E-state index contributed by atoms with van der Waals surface area (Å²) in [7, 11) is 0. The van der Waals surface area contributed by atoms with Gasteiger partial charge in [-0.25, -0.2) is 4.79 Å². The normalized spacial score (nSPS) is 19.0. The summed E-state index contributed by atoms with van der Waals surface area (Å²) >= 11 is 1.44. The third-order valence-electron chi connectivity index (χ3n) is 2.76. The fourth-order valence-corrected chi connectivity index (χ4v) is 2.91. The van der Waals surface area contributed by atoms with Crippen LogP contribution in [0, 0.1) is 13.8 Å². The summed E-state index contributed by atoms with van der Waals surface area (Å²) in [6.45, 7) is 3.44. The predicted octanol–water partition coefficient (Wildman–Crippen LogP) is 0.693. The van der Waals surface area contributed by atoms with Gasteiger partial charge in [0.2, 0.25) is 0 Å². The Bertz CT molecular complexity index is 506.